The quantitative estimate of drug-likeness (QED) is 0.794. The van der Waals surface area contributed by atoms with E-state index >= 15 is 0 Å². The van der Waals surface area contributed by atoms with Gasteiger partial charge in [-0.15, -0.1) is 0 Å². The SMILES string of the molecule is COC1CN(c2cc(-c3cnn(C)n3)cc(Cl)n2)C1. The summed E-state index contributed by atoms with van der Waals surface area (Å²) in [5.41, 5.74) is 1.71. The largest absolute Gasteiger partial charge is 0.378 e. The highest BCUT2D eigenvalue weighted by Crippen LogP contribution is 2.27. The number of hydrogen-bond acceptors (Lipinski definition) is 5. The fraction of sp³-hybridized carbons (Fsp3) is 0.417. The van der Waals surface area contributed by atoms with Crippen molar-refractivity contribution < 1.29 is 4.74 Å². The summed E-state index contributed by atoms with van der Waals surface area (Å²) in [5, 5.41) is 8.80. The Morgan fingerprint density at radius 3 is 2.79 bits per heavy atom. The number of rotatable bonds is 3. The maximum atomic E-state index is 6.08. The van der Waals surface area contributed by atoms with Crippen LogP contribution in [0.4, 0.5) is 5.82 Å². The van der Waals surface area contributed by atoms with Gasteiger partial charge in [0.25, 0.3) is 0 Å². The highest BCUT2D eigenvalue weighted by Gasteiger charge is 2.28. The van der Waals surface area contributed by atoms with Gasteiger partial charge >= 0.3 is 0 Å². The van der Waals surface area contributed by atoms with Crippen LogP contribution in [0, 0.1) is 0 Å². The Hall–Kier alpha value is -1.66. The van der Waals surface area contributed by atoms with Gasteiger partial charge in [0.2, 0.25) is 0 Å². The van der Waals surface area contributed by atoms with Crippen molar-refractivity contribution in [3.63, 3.8) is 0 Å². The second-order valence-electron chi connectivity index (χ2n) is 4.52. The van der Waals surface area contributed by atoms with Gasteiger partial charge < -0.3 is 9.64 Å². The Bertz CT molecular complexity index is 594. The third-order valence-electron chi connectivity index (χ3n) is 3.18. The lowest BCUT2D eigenvalue weighted by molar-refractivity contribution is 0.0783. The molecule has 0 saturated carbocycles. The van der Waals surface area contributed by atoms with Crippen LogP contribution in [-0.4, -0.2) is 46.3 Å². The number of hydrogen-bond donors (Lipinski definition) is 0. The Morgan fingerprint density at radius 2 is 2.16 bits per heavy atom. The van der Waals surface area contributed by atoms with Crippen molar-refractivity contribution in [2.75, 3.05) is 25.1 Å². The molecule has 2 aromatic heterocycles. The molecule has 3 rings (SSSR count). The first-order valence-electron chi connectivity index (χ1n) is 5.98. The lowest BCUT2D eigenvalue weighted by Gasteiger charge is -2.39. The van der Waals surface area contributed by atoms with Gasteiger partial charge in [-0.25, -0.2) is 4.98 Å². The Morgan fingerprint density at radius 1 is 1.37 bits per heavy atom. The van der Waals surface area contributed by atoms with E-state index in [0.717, 1.165) is 30.2 Å². The Balaban J connectivity index is 1.89. The molecule has 0 atom stereocenters. The molecule has 0 radical (unpaired) electrons. The van der Waals surface area contributed by atoms with Gasteiger partial charge in [0.1, 0.15) is 16.7 Å². The average molecular weight is 280 g/mol. The second kappa shape index (κ2) is 4.79. The maximum Gasteiger partial charge on any atom is 0.132 e. The highest BCUT2D eigenvalue weighted by molar-refractivity contribution is 6.29. The molecule has 6 nitrogen and oxygen atoms in total. The predicted octanol–water partition coefficient (Wildman–Crippen LogP) is 1.37. The molecule has 1 fully saturated rings. The molecular weight excluding hydrogens is 266 g/mol. The number of anilines is 1. The first kappa shape index (κ1) is 12.4. The summed E-state index contributed by atoms with van der Waals surface area (Å²) in [4.78, 5) is 7.98. The summed E-state index contributed by atoms with van der Waals surface area (Å²) in [6.45, 7) is 1.67. The van der Waals surface area contributed by atoms with E-state index in [-0.39, 0.29) is 6.10 Å². The van der Waals surface area contributed by atoms with E-state index in [0.29, 0.717) is 5.15 Å². The molecule has 0 amide bonds. The number of ether oxygens (including phenoxy) is 1. The molecule has 0 bridgehead atoms. The van der Waals surface area contributed by atoms with E-state index < -0.39 is 0 Å². The van der Waals surface area contributed by atoms with Gasteiger partial charge in [-0.05, 0) is 12.1 Å². The summed E-state index contributed by atoms with van der Waals surface area (Å²) >= 11 is 6.08. The molecular formula is C12H14ClN5O. The zero-order valence-corrected chi connectivity index (χ0v) is 11.5. The summed E-state index contributed by atoms with van der Waals surface area (Å²) in [5.74, 6) is 0.849. The standard InChI is InChI=1S/C12H14ClN5O/c1-17-14-5-10(16-17)8-3-11(13)15-12(4-8)18-6-9(7-18)19-2/h3-5,9H,6-7H2,1-2H3. The molecule has 3 heterocycles. The number of pyridine rings is 1. The number of nitrogens with zero attached hydrogens (tertiary/aromatic N) is 5. The van der Waals surface area contributed by atoms with Gasteiger partial charge in [-0.2, -0.15) is 15.0 Å². The van der Waals surface area contributed by atoms with Crippen LogP contribution in [0.15, 0.2) is 18.3 Å². The number of aromatic nitrogens is 4. The summed E-state index contributed by atoms with van der Waals surface area (Å²) in [7, 11) is 3.50. The molecule has 1 aliphatic heterocycles. The molecule has 19 heavy (non-hydrogen) atoms. The number of methoxy groups -OCH3 is 1. The van der Waals surface area contributed by atoms with Crippen molar-refractivity contribution in [2.45, 2.75) is 6.10 Å². The molecule has 0 aromatic carbocycles. The van der Waals surface area contributed by atoms with Crippen LogP contribution >= 0.6 is 11.6 Å². The Labute approximate surface area is 115 Å². The van der Waals surface area contributed by atoms with E-state index in [1.807, 2.05) is 6.07 Å². The van der Waals surface area contributed by atoms with Crippen LogP contribution in [0.25, 0.3) is 11.3 Å². The lowest BCUT2D eigenvalue weighted by atomic mass is 10.1. The van der Waals surface area contributed by atoms with Crippen molar-refractivity contribution in [1.82, 2.24) is 20.0 Å². The highest BCUT2D eigenvalue weighted by atomic mass is 35.5. The molecule has 1 saturated heterocycles. The molecule has 100 valence electrons. The minimum absolute atomic E-state index is 0.278. The van der Waals surface area contributed by atoms with Gasteiger partial charge in [-0.1, -0.05) is 11.6 Å². The summed E-state index contributed by atoms with van der Waals surface area (Å²) < 4.78 is 5.26. The van der Waals surface area contributed by atoms with Gasteiger partial charge in [0, 0.05) is 32.8 Å². The minimum atomic E-state index is 0.278. The van der Waals surface area contributed by atoms with Crippen LogP contribution in [0.2, 0.25) is 5.15 Å². The third kappa shape index (κ3) is 2.41. The van der Waals surface area contributed by atoms with Crippen molar-refractivity contribution in [3.8, 4) is 11.3 Å². The van der Waals surface area contributed by atoms with Crippen molar-refractivity contribution in [1.29, 1.82) is 0 Å². The number of halogens is 1. The van der Waals surface area contributed by atoms with E-state index in [2.05, 4.69) is 20.1 Å². The molecule has 1 aliphatic rings. The van der Waals surface area contributed by atoms with Crippen LogP contribution in [-0.2, 0) is 11.8 Å². The lowest BCUT2D eigenvalue weighted by Crippen LogP contribution is -2.52. The van der Waals surface area contributed by atoms with Crippen molar-refractivity contribution in [2.24, 2.45) is 7.05 Å². The predicted molar refractivity (Wildman–Crippen MR) is 72.3 cm³/mol. The summed E-state index contributed by atoms with van der Waals surface area (Å²) in [6.07, 6.45) is 1.99. The van der Waals surface area contributed by atoms with Crippen LogP contribution < -0.4 is 4.90 Å². The zero-order chi connectivity index (χ0) is 13.4. The monoisotopic (exact) mass is 279 g/mol. The van der Waals surface area contributed by atoms with E-state index in [9.17, 15) is 0 Å². The minimum Gasteiger partial charge on any atom is -0.378 e. The molecule has 0 aliphatic carbocycles. The van der Waals surface area contributed by atoms with Crippen LogP contribution in [0.1, 0.15) is 0 Å². The molecule has 0 spiro atoms. The van der Waals surface area contributed by atoms with E-state index in [1.54, 1.807) is 26.4 Å². The molecule has 2 aromatic rings. The molecule has 0 N–H and O–H groups in total. The van der Waals surface area contributed by atoms with Crippen LogP contribution in [0.5, 0.6) is 0 Å². The third-order valence-corrected chi connectivity index (χ3v) is 3.37. The van der Waals surface area contributed by atoms with Gasteiger partial charge in [-0.3, -0.25) is 0 Å². The topological polar surface area (TPSA) is 56.1 Å². The summed E-state index contributed by atoms with van der Waals surface area (Å²) in [6, 6.07) is 3.77. The Kier molecular flexibility index (Phi) is 3.12. The van der Waals surface area contributed by atoms with E-state index in [1.165, 1.54) is 4.80 Å². The fourth-order valence-electron chi connectivity index (χ4n) is 2.05. The average Bonchev–Trinajstić information content (AvgIpc) is 2.74. The van der Waals surface area contributed by atoms with E-state index in [4.69, 9.17) is 16.3 Å². The first-order chi connectivity index (χ1) is 9.15. The normalized spacial score (nSPS) is 15.6. The second-order valence-corrected chi connectivity index (χ2v) is 4.91. The zero-order valence-electron chi connectivity index (χ0n) is 10.7. The van der Waals surface area contributed by atoms with Crippen molar-refractivity contribution >= 4 is 17.4 Å². The van der Waals surface area contributed by atoms with Crippen molar-refractivity contribution in [3.05, 3.63) is 23.5 Å². The van der Waals surface area contributed by atoms with Crippen LogP contribution in [0.3, 0.4) is 0 Å². The molecule has 0 unspecified atom stereocenters. The molecule has 7 heteroatoms. The number of aryl methyl sites for hydroxylation is 1. The first-order valence-corrected chi connectivity index (χ1v) is 6.35. The van der Waals surface area contributed by atoms with Gasteiger partial charge in [0.05, 0.1) is 12.3 Å². The fourth-order valence-corrected chi connectivity index (χ4v) is 2.25. The smallest absolute Gasteiger partial charge is 0.132 e. The van der Waals surface area contributed by atoms with Gasteiger partial charge in [0.15, 0.2) is 0 Å². The maximum absolute atomic E-state index is 6.08.